The van der Waals surface area contributed by atoms with Crippen LogP contribution in [0.1, 0.15) is 37.8 Å². The van der Waals surface area contributed by atoms with E-state index in [1.807, 2.05) is 65.7 Å². The highest BCUT2D eigenvalue weighted by Gasteiger charge is 2.59. The van der Waals surface area contributed by atoms with Gasteiger partial charge >= 0.3 is 18.1 Å². The predicted molar refractivity (Wildman–Crippen MR) is 248 cm³/mol. The van der Waals surface area contributed by atoms with Crippen molar-refractivity contribution >= 4 is 109 Å². The molecule has 2 aliphatic heterocycles. The molecule has 0 bridgehead atoms. The SMILES string of the molecule is CC(Oc1c(Cl)cc(NC(=O)C(F)(F)F)cc1Cl)C1(Br)C(=O)N(C)C(=O)N(C)C1=O.COc1ccccc1NC(=O)C(Cl)(COC1=NN(c2ccccc2)C(c2ccccc2)C1)C(=O)C1CC1. The maximum atomic E-state index is 13.4. The van der Waals surface area contributed by atoms with Crippen molar-refractivity contribution in [3.8, 4) is 11.5 Å². The lowest BCUT2D eigenvalue weighted by molar-refractivity contribution is -0.167. The molecule has 15 nitrogen and oxygen atoms in total. The standard InChI is InChI=1S/C29H28ClN3O4.C16H13BrCl2F3N3O5/c1-36-25-15-9-8-14-23(25)31-28(35)29(30,27(34)21-16-17-21)19-37-26-18-24(20-10-4-2-5-11-20)33(32-26)22-12-6-3-7-13-22;1-6(15(17)12(27)24(2)14(29)25(3)13(15)28)30-10-8(18)4-7(5-9(10)19)23-11(26)16(20,21)22/h2-15,21,24H,16-19H2,1H3,(H,31,35);4-6H,1-3H3,(H,23,26). The van der Waals surface area contributed by atoms with Gasteiger partial charge in [-0.05, 0) is 61.7 Å². The van der Waals surface area contributed by atoms with Gasteiger partial charge in [-0.25, -0.2) is 4.79 Å². The van der Waals surface area contributed by atoms with Crippen molar-refractivity contribution in [1.82, 2.24) is 9.80 Å². The number of para-hydroxylation sites is 3. The molecular formula is C45H41BrCl3F3N6O9. The first kappa shape index (κ1) is 50.5. The van der Waals surface area contributed by atoms with Gasteiger partial charge in [-0.1, -0.05) is 111 Å². The second-order valence-electron chi connectivity index (χ2n) is 15.4. The molecule has 3 unspecified atom stereocenters. The first-order valence-corrected chi connectivity index (χ1v) is 22.1. The van der Waals surface area contributed by atoms with Crippen LogP contribution in [0.3, 0.4) is 0 Å². The molecule has 0 radical (unpaired) electrons. The maximum absolute atomic E-state index is 13.4. The molecule has 7 rings (SSSR count). The molecule has 0 aromatic heterocycles. The summed E-state index contributed by atoms with van der Waals surface area (Å²) >= 11 is 21.9. The predicted octanol–water partition coefficient (Wildman–Crippen LogP) is 9.02. The normalized spacial score (nSPS) is 18.2. The summed E-state index contributed by atoms with van der Waals surface area (Å²) in [7, 11) is 3.86. The Morgan fingerprint density at radius 1 is 0.866 bits per heavy atom. The minimum absolute atomic E-state index is 0.0927. The van der Waals surface area contributed by atoms with Crippen LogP contribution in [0.4, 0.5) is 35.0 Å². The molecule has 67 heavy (non-hydrogen) atoms. The van der Waals surface area contributed by atoms with Crippen LogP contribution in [0, 0.1) is 5.92 Å². The lowest BCUT2D eigenvalue weighted by atomic mass is 9.97. The van der Waals surface area contributed by atoms with Crippen LogP contribution in [0.25, 0.3) is 0 Å². The molecule has 1 saturated heterocycles. The third-order valence-electron chi connectivity index (χ3n) is 10.8. The number of halogens is 7. The molecule has 0 spiro atoms. The minimum atomic E-state index is -5.12. The highest BCUT2D eigenvalue weighted by atomic mass is 79.9. The van der Waals surface area contributed by atoms with Gasteiger partial charge < -0.3 is 24.8 Å². The van der Waals surface area contributed by atoms with Gasteiger partial charge in [0.2, 0.25) is 15.1 Å². The van der Waals surface area contributed by atoms with Gasteiger partial charge in [0.1, 0.15) is 18.5 Å². The van der Waals surface area contributed by atoms with Crippen molar-refractivity contribution in [3.63, 3.8) is 0 Å². The van der Waals surface area contributed by atoms with Crippen LogP contribution in [-0.4, -0.2) is 100 Å². The van der Waals surface area contributed by atoms with Crippen molar-refractivity contribution in [2.75, 3.05) is 43.5 Å². The molecule has 4 aromatic carbocycles. The Morgan fingerprint density at radius 2 is 1.42 bits per heavy atom. The van der Waals surface area contributed by atoms with E-state index in [-0.39, 0.29) is 45.8 Å². The number of imide groups is 2. The molecule has 354 valence electrons. The summed E-state index contributed by atoms with van der Waals surface area (Å²) in [5.74, 6) is -4.62. The zero-order chi connectivity index (χ0) is 49.0. The van der Waals surface area contributed by atoms with Crippen molar-refractivity contribution in [3.05, 3.63) is 113 Å². The Kier molecular flexibility index (Phi) is 15.5. The number of ketones is 1. The second-order valence-corrected chi connectivity index (χ2v) is 18.1. The van der Waals surface area contributed by atoms with E-state index in [1.54, 1.807) is 29.6 Å². The summed E-state index contributed by atoms with van der Waals surface area (Å²) in [5.41, 5.74) is 2.07. The largest absolute Gasteiger partial charge is 0.495 e. The summed E-state index contributed by atoms with van der Waals surface area (Å²) in [5, 5.41) is 10.4. The molecule has 2 heterocycles. The molecule has 6 amide bonds. The molecule has 2 N–H and O–H groups in total. The minimum Gasteiger partial charge on any atom is -0.495 e. The van der Waals surface area contributed by atoms with E-state index in [0.717, 1.165) is 33.2 Å². The number of hydrogen-bond donors (Lipinski definition) is 2. The van der Waals surface area contributed by atoms with Gasteiger partial charge in [0.25, 0.3) is 17.7 Å². The Balaban J connectivity index is 0.000000227. The molecule has 3 aliphatic rings. The summed E-state index contributed by atoms with van der Waals surface area (Å²) in [6.07, 6.45) is -4.48. The molecule has 4 aromatic rings. The number of hydrazone groups is 1. The number of nitrogens with one attached hydrogen (secondary N) is 2. The number of amides is 6. The zero-order valence-electron chi connectivity index (χ0n) is 35.9. The molecule has 1 saturated carbocycles. The van der Waals surface area contributed by atoms with E-state index >= 15 is 0 Å². The molecular weight excluding hydrogens is 1010 g/mol. The number of benzene rings is 4. The lowest BCUT2D eigenvalue weighted by Gasteiger charge is -2.40. The van der Waals surface area contributed by atoms with E-state index in [2.05, 4.69) is 21.2 Å². The quantitative estimate of drug-likeness (QED) is 0.0971. The molecule has 1 aliphatic carbocycles. The van der Waals surface area contributed by atoms with Crippen molar-refractivity contribution < 1.29 is 56.1 Å². The van der Waals surface area contributed by atoms with Gasteiger partial charge in [0.05, 0.1) is 41.0 Å². The smallest absolute Gasteiger partial charge is 0.471 e. The first-order valence-electron chi connectivity index (χ1n) is 20.2. The number of anilines is 3. The monoisotopic (exact) mass is 1050 g/mol. The molecule has 2 fully saturated rings. The van der Waals surface area contributed by atoms with Gasteiger partial charge in [-0.15, -0.1) is 5.10 Å². The zero-order valence-corrected chi connectivity index (χ0v) is 39.8. The third-order valence-corrected chi connectivity index (χ3v) is 13.1. The van der Waals surface area contributed by atoms with Crippen molar-refractivity contribution in [2.24, 2.45) is 11.0 Å². The van der Waals surface area contributed by atoms with E-state index in [1.165, 1.54) is 28.1 Å². The van der Waals surface area contributed by atoms with E-state index in [4.69, 9.17) is 54.1 Å². The number of barbiturate groups is 1. The third kappa shape index (κ3) is 11.0. The average Bonchev–Trinajstić information content (AvgIpc) is 4.08. The number of rotatable bonds is 13. The van der Waals surface area contributed by atoms with Crippen LogP contribution in [0.2, 0.25) is 10.0 Å². The number of nitrogens with zero attached hydrogens (tertiary/aromatic N) is 4. The van der Waals surface area contributed by atoms with Crippen LogP contribution in [-0.2, 0) is 28.7 Å². The van der Waals surface area contributed by atoms with Gasteiger partial charge in [0.15, 0.2) is 11.5 Å². The number of hydrogen-bond acceptors (Lipinski definition) is 11. The fourth-order valence-electron chi connectivity index (χ4n) is 6.92. The fraction of sp³-hybridized carbons (Fsp3) is 0.311. The highest BCUT2D eigenvalue weighted by Crippen LogP contribution is 2.42. The van der Waals surface area contributed by atoms with Gasteiger partial charge in [-0.2, -0.15) is 13.2 Å². The topological polar surface area (TPSA) is 176 Å². The number of alkyl halides is 5. The Labute approximate surface area is 405 Å². The van der Waals surface area contributed by atoms with Crippen LogP contribution >= 0.6 is 50.7 Å². The van der Waals surface area contributed by atoms with E-state index in [9.17, 15) is 41.9 Å². The summed E-state index contributed by atoms with van der Waals surface area (Å²) in [6.45, 7) is 1.00. The van der Waals surface area contributed by atoms with Crippen molar-refractivity contribution in [1.29, 1.82) is 0 Å². The Morgan fingerprint density at radius 3 is 1.97 bits per heavy atom. The Bertz CT molecular complexity index is 2550. The molecule has 3 atom stereocenters. The summed E-state index contributed by atoms with van der Waals surface area (Å²) in [6, 6.07) is 27.8. The Hall–Kier alpha value is -5.89. The lowest BCUT2D eigenvalue weighted by Crippen LogP contribution is -2.68. The number of Topliss-reactive ketones (excluding diaryl/α,β-unsaturated/α-hetero) is 1. The van der Waals surface area contributed by atoms with Crippen LogP contribution in [0.5, 0.6) is 11.5 Å². The van der Waals surface area contributed by atoms with Crippen LogP contribution in [0.15, 0.2) is 102 Å². The number of carbonyl (C=O) groups excluding carboxylic acids is 6. The number of methoxy groups -OCH3 is 1. The molecule has 22 heteroatoms. The first-order chi connectivity index (χ1) is 31.6. The maximum Gasteiger partial charge on any atom is 0.471 e. The fourth-order valence-corrected chi connectivity index (χ4v) is 8.38. The second kappa shape index (κ2) is 20.5. The summed E-state index contributed by atoms with van der Waals surface area (Å²) in [4.78, 5) is 74.3. The van der Waals surface area contributed by atoms with E-state index < -0.39 is 51.1 Å². The number of urea groups is 1. The van der Waals surface area contributed by atoms with Gasteiger partial charge in [0, 0.05) is 25.7 Å². The van der Waals surface area contributed by atoms with Crippen molar-refractivity contribution in [2.45, 2.75) is 53.7 Å². The summed E-state index contributed by atoms with van der Waals surface area (Å²) < 4.78 is 52.1. The van der Waals surface area contributed by atoms with Gasteiger partial charge in [-0.3, -0.25) is 38.8 Å². The number of ether oxygens (including phenoxy) is 3. The number of carbonyl (C=O) groups is 6. The van der Waals surface area contributed by atoms with Crippen LogP contribution < -0.4 is 25.1 Å². The average molecular weight is 1050 g/mol. The van der Waals surface area contributed by atoms with E-state index in [0.29, 0.717) is 36.6 Å². The highest BCUT2D eigenvalue weighted by molar-refractivity contribution is 9.10.